The average Bonchev–Trinajstić information content (AvgIpc) is 3.79. The van der Waals surface area contributed by atoms with E-state index in [0.717, 1.165) is 45.1 Å². The smallest absolute Gasteiger partial charge is 0.187 e. The van der Waals surface area contributed by atoms with E-state index < -0.39 is 105 Å². The number of hydrogen-bond acceptors (Lipinski definition) is 16. The van der Waals surface area contributed by atoms with Gasteiger partial charge in [0, 0.05) is 12.3 Å². The maximum Gasteiger partial charge on any atom is 0.187 e. The van der Waals surface area contributed by atoms with Gasteiger partial charge < -0.3 is 78.7 Å². The van der Waals surface area contributed by atoms with Crippen LogP contribution in [0.4, 0.5) is 0 Å². The zero-order valence-electron chi connectivity index (χ0n) is 35.6. The summed E-state index contributed by atoms with van der Waals surface area (Å²) in [4.78, 5) is 0. The molecular weight excluding hydrogens is 784 g/mol. The highest BCUT2D eigenvalue weighted by Gasteiger charge is 2.69. The molecule has 60 heavy (non-hydrogen) atoms. The maximum absolute atomic E-state index is 11.9. The topological polar surface area (TPSA) is 236 Å². The highest BCUT2D eigenvalue weighted by molar-refractivity contribution is 5.26. The summed E-state index contributed by atoms with van der Waals surface area (Å²) in [7, 11) is 0. The molecule has 9 rings (SSSR count). The minimum Gasteiger partial charge on any atom is -0.394 e. The van der Waals surface area contributed by atoms with Gasteiger partial charge in [-0.3, -0.25) is 0 Å². The molecule has 0 amide bonds. The second kappa shape index (κ2) is 16.5. The van der Waals surface area contributed by atoms with Gasteiger partial charge in [-0.15, -0.1) is 0 Å². The van der Waals surface area contributed by atoms with E-state index in [9.17, 15) is 40.9 Å². The predicted molar refractivity (Wildman–Crippen MR) is 208 cm³/mol. The molecule has 0 bridgehead atoms. The van der Waals surface area contributed by atoms with Crippen LogP contribution in [0.2, 0.25) is 0 Å². The summed E-state index contributed by atoms with van der Waals surface area (Å²) < 4.78 is 49.9. The normalized spacial score (nSPS) is 57.7. The standard InChI is InChI=1S/C44H70O16/c1-19-8-13-44(53-18-19)20(2)30-27(60-44)15-26-24-7-6-22-14-23(9-11-42(22,4)25(24)10-12-43(26,30)5)55-41-38(59-39-35(51)33(49)31(47)21(3)54-39)36(52)37(29(17-46)57-41)58-40-34(50)32(48)28(16-45)56-40/h6,19-21,23-41,45-52H,7-18H2,1-5H3/t19-,20+,21+,23?,24-,25+,26+,27+,28-,29-,30+,31+,32-,33-,34+,35-,36+,37-,38-,39+,40+,41-,42+,43+,44-/m1/s1. The van der Waals surface area contributed by atoms with Crippen molar-refractivity contribution in [2.24, 2.45) is 46.3 Å². The van der Waals surface area contributed by atoms with Crippen LogP contribution >= 0.6 is 0 Å². The fourth-order valence-electron chi connectivity index (χ4n) is 13.8. The van der Waals surface area contributed by atoms with Crippen LogP contribution in [-0.4, -0.2) is 165 Å². The Morgan fingerprint density at radius 2 is 1.40 bits per heavy atom. The van der Waals surface area contributed by atoms with Crippen LogP contribution in [0.25, 0.3) is 0 Å². The Bertz CT molecular complexity index is 1560. The maximum atomic E-state index is 11.9. The van der Waals surface area contributed by atoms with Crippen molar-refractivity contribution in [1.29, 1.82) is 0 Å². The van der Waals surface area contributed by atoms with E-state index in [1.165, 1.54) is 18.9 Å². The second-order valence-electron chi connectivity index (χ2n) is 20.6. The van der Waals surface area contributed by atoms with Gasteiger partial charge in [0.05, 0.1) is 38.1 Å². The van der Waals surface area contributed by atoms with Gasteiger partial charge in [-0.05, 0) is 98.7 Å². The molecule has 8 fully saturated rings. The number of aliphatic hydroxyl groups is 8. The van der Waals surface area contributed by atoms with Gasteiger partial charge in [0.1, 0.15) is 61.0 Å². The number of allylic oxidation sites excluding steroid dienone is 1. The molecule has 4 aliphatic carbocycles. The van der Waals surface area contributed by atoms with Crippen molar-refractivity contribution in [3.05, 3.63) is 11.6 Å². The molecule has 16 nitrogen and oxygen atoms in total. The summed E-state index contributed by atoms with van der Waals surface area (Å²) in [5.41, 5.74) is 1.54. The molecule has 0 radical (unpaired) electrons. The SMILES string of the molecule is C[C@@H]1CC[C@@]2(OC1)O[C@H]1C[C@H]3[C@@H]4CC=C5CC(O[C@@H]6O[C@H](CO)[C@@H](O[C@@H]7O[C@H](CO)[C@@H](O)[C@@H]7O)[C@H](O)[C@H]6O[C@@H]6O[C@@H](C)[C@H](O)[C@@H](O)[C@H]6O)CC[C@]5(C)[C@H]4CC[C@]3(C)[C@H]1[C@@H]2C. The first kappa shape index (κ1) is 44.3. The van der Waals surface area contributed by atoms with Gasteiger partial charge >= 0.3 is 0 Å². The molecule has 1 unspecified atom stereocenters. The summed E-state index contributed by atoms with van der Waals surface area (Å²) in [6.45, 7) is 10.7. The van der Waals surface area contributed by atoms with Crippen LogP contribution in [0.1, 0.15) is 92.4 Å². The lowest BCUT2D eigenvalue weighted by atomic mass is 9.47. The molecule has 3 saturated carbocycles. The Hall–Kier alpha value is -0.900. The first-order valence-corrected chi connectivity index (χ1v) is 22.8. The summed E-state index contributed by atoms with van der Waals surface area (Å²) in [6.07, 6.45) is -8.79. The third kappa shape index (κ3) is 7.10. The van der Waals surface area contributed by atoms with Crippen molar-refractivity contribution >= 4 is 0 Å². The fourth-order valence-corrected chi connectivity index (χ4v) is 13.8. The summed E-state index contributed by atoms with van der Waals surface area (Å²) in [5, 5.41) is 84.8. The Labute approximate surface area is 352 Å². The highest BCUT2D eigenvalue weighted by atomic mass is 16.8. The Kier molecular flexibility index (Phi) is 12.2. The van der Waals surface area contributed by atoms with Crippen LogP contribution in [-0.2, 0) is 37.9 Å². The minimum absolute atomic E-state index is 0.0141. The van der Waals surface area contributed by atoms with Crippen molar-refractivity contribution in [2.45, 2.75) is 196 Å². The van der Waals surface area contributed by atoms with Gasteiger partial charge in [-0.1, -0.05) is 39.3 Å². The number of fused-ring (bicyclic) bond motifs is 7. The Morgan fingerprint density at radius 3 is 2.10 bits per heavy atom. The van der Waals surface area contributed by atoms with Crippen molar-refractivity contribution in [3.8, 4) is 0 Å². The van der Waals surface area contributed by atoms with Crippen LogP contribution in [0.15, 0.2) is 11.6 Å². The third-order valence-corrected chi connectivity index (χ3v) is 17.3. The van der Waals surface area contributed by atoms with Gasteiger partial charge in [-0.25, -0.2) is 0 Å². The number of ether oxygens (including phenoxy) is 8. The quantitative estimate of drug-likeness (QED) is 0.158. The van der Waals surface area contributed by atoms with Crippen LogP contribution in [0.3, 0.4) is 0 Å². The van der Waals surface area contributed by atoms with Crippen LogP contribution < -0.4 is 0 Å². The number of aliphatic hydroxyl groups excluding tert-OH is 8. The summed E-state index contributed by atoms with van der Waals surface area (Å²) >= 11 is 0. The van der Waals surface area contributed by atoms with E-state index in [1.54, 1.807) is 0 Å². The van der Waals surface area contributed by atoms with Crippen LogP contribution in [0.5, 0.6) is 0 Å². The van der Waals surface area contributed by atoms with E-state index in [2.05, 4.69) is 33.8 Å². The molecule has 342 valence electrons. The molecule has 0 aromatic carbocycles. The zero-order chi connectivity index (χ0) is 42.6. The lowest BCUT2D eigenvalue weighted by molar-refractivity contribution is -0.380. The molecule has 5 aliphatic heterocycles. The van der Waals surface area contributed by atoms with E-state index in [0.29, 0.717) is 48.3 Å². The van der Waals surface area contributed by atoms with E-state index in [4.69, 9.17) is 37.9 Å². The Balaban J connectivity index is 0.913. The first-order chi connectivity index (χ1) is 28.5. The third-order valence-electron chi connectivity index (χ3n) is 17.3. The van der Waals surface area contributed by atoms with Gasteiger partial charge in [0.25, 0.3) is 0 Å². The largest absolute Gasteiger partial charge is 0.394 e. The first-order valence-electron chi connectivity index (χ1n) is 22.8. The zero-order valence-corrected chi connectivity index (χ0v) is 35.6. The lowest BCUT2D eigenvalue weighted by Crippen LogP contribution is -2.65. The summed E-state index contributed by atoms with van der Waals surface area (Å²) in [5.74, 6) is 2.65. The van der Waals surface area contributed by atoms with Gasteiger partial charge in [0.15, 0.2) is 24.7 Å². The average molecular weight is 855 g/mol. The summed E-state index contributed by atoms with van der Waals surface area (Å²) in [6, 6.07) is 0. The highest BCUT2D eigenvalue weighted by Crippen LogP contribution is 2.70. The van der Waals surface area contributed by atoms with Crippen LogP contribution in [0, 0.1) is 46.3 Å². The Morgan fingerprint density at radius 1 is 0.700 bits per heavy atom. The van der Waals surface area contributed by atoms with Crippen molar-refractivity contribution in [3.63, 3.8) is 0 Å². The van der Waals surface area contributed by atoms with E-state index >= 15 is 0 Å². The lowest BCUT2D eigenvalue weighted by Gasteiger charge is -2.58. The molecule has 0 aromatic rings. The predicted octanol–water partition coefficient (Wildman–Crippen LogP) is 0.853. The molecule has 0 aromatic heterocycles. The van der Waals surface area contributed by atoms with Crippen molar-refractivity contribution < 1.29 is 78.7 Å². The molecule has 16 heteroatoms. The fraction of sp³-hybridized carbons (Fsp3) is 0.955. The molecule has 5 heterocycles. The van der Waals surface area contributed by atoms with Crippen molar-refractivity contribution in [1.82, 2.24) is 0 Å². The van der Waals surface area contributed by atoms with E-state index in [-0.39, 0.29) is 23.0 Å². The number of rotatable bonds is 8. The monoisotopic (exact) mass is 854 g/mol. The minimum atomic E-state index is -1.70. The molecule has 1 spiro atoms. The second-order valence-corrected chi connectivity index (χ2v) is 20.6. The molecule has 8 N–H and O–H groups in total. The molecule has 25 atom stereocenters. The van der Waals surface area contributed by atoms with Gasteiger partial charge in [-0.2, -0.15) is 0 Å². The molecule has 9 aliphatic rings. The van der Waals surface area contributed by atoms with E-state index in [1.807, 2.05) is 0 Å². The van der Waals surface area contributed by atoms with Crippen molar-refractivity contribution in [2.75, 3.05) is 19.8 Å². The number of hydrogen-bond donors (Lipinski definition) is 8. The molecule has 5 saturated heterocycles. The molecular formula is C44H70O16. The van der Waals surface area contributed by atoms with Gasteiger partial charge in [0.2, 0.25) is 0 Å².